The smallest absolute Gasteiger partial charge is 0.266 e. The molecule has 2 N–H and O–H groups in total. The Labute approximate surface area is 129 Å². The maximum atomic E-state index is 13.5. The third-order valence-corrected chi connectivity index (χ3v) is 4.11. The van der Waals surface area contributed by atoms with Gasteiger partial charge in [0.05, 0.1) is 0 Å². The summed E-state index contributed by atoms with van der Waals surface area (Å²) in [5, 5.41) is 0.274. The van der Waals surface area contributed by atoms with Crippen molar-refractivity contribution >= 4 is 27.5 Å². The number of carbonyl (C=O) groups is 1. The molecular weight excluding hydrogens is 338 g/mol. The number of sulfonamides is 1. The van der Waals surface area contributed by atoms with Crippen LogP contribution < -0.4 is 10.3 Å². The number of halogens is 3. The first-order valence-electron chi connectivity index (χ1n) is 5.83. The molecule has 0 aliphatic heterocycles. The maximum absolute atomic E-state index is 13.5. The monoisotopic (exact) mass is 346 g/mol. The van der Waals surface area contributed by atoms with Gasteiger partial charge in [0.25, 0.3) is 15.9 Å². The van der Waals surface area contributed by atoms with Gasteiger partial charge in [0, 0.05) is 10.6 Å². The number of hydrogen-bond donors (Lipinski definition) is 2. The predicted octanol–water partition coefficient (Wildman–Crippen LogP) is 2.24. The minimum Gasteiger partial charge on any atom is -0.273 e. The molecular formula is C13H9ClF2N2O3S. The zero-order valence-electron chi connectivity index (χ0n) is 10.8. The molecule has 0 radical (unpaired) electrons. The number of carbonyl (C=O) groups excluding carboxylic acids is 1. The first-order valence-corrected chi connectivity index (χ1v) is 7.69. The van der Waals surface area contributed by atoms with Gasteiger partial charge in [-0.1, -0.05) is 23.7 Å². The Morgan fingerprint density at radius 3 is 2.23 bits per heavy atom. The molecule has 0 aliphatic carbocycles. The average molecular weight is 347 g/mol. The number of amides is 1. The molecule has 0 saturated heterocycles. The number of hydrogen-bond acceptors (Lipinski definition) is 3. The Hall–Kier alpha value is -2.03. The van der Waals surface area contributed by atoms with Crippen LogP contribution in [0.1, 0.15) is 10.4 Å². The van der Waals surface area contributed by atoms with Crippen LogP contribution in [0.25, 0.3) is 0 Å². The summed E-state index contributed by atoms with van der Waals surface area (Å²) in [5.74, 6) is -3.38. The Morgan fingerprint density at radius 1 is 1.05 bits per heavy atom. The molecule has 5 nitrogen and oxygen atoms in total. The minimum absolute atomic E-state index is 0.0733. The summed E-state index contributed by atoms with van der Waals surface area (Å²) in [6.45, 7) is 0. The maximum Gasteiger partial charge on any atom is 0.266 e. The molecule has 2 rings (SSSR count). The second-order valence-electron chi connectivity index (χ2n) is 4.12. The highest BCUT2D eigenvalue weighted by Crippen LogP contribution is 2.17. The predicted molar refractivity (Wildman–Crippen MR) is 75.6 cm³/mol. The molecule has 22 heavy (non-hydrogen) atoms. The van der Waals surface area contributed by atoms with Crippen LogP contribution in [0.5, 0.6) is 0 Å². The number of rotatable bonds is 4. The summed E-state index contributed by atoms with van der Waals surface area (Å²) >= 11 is 5.70. The molecule has 0 heterocycles. The third-order valence-electron chi connectivity index (χ3n) is 2.57. The Kier molecular flexibility index (Phi) is 4.74. The summed E-state index contributed by atoms with van der Waals surface area (Å²) in [6, 6.07) is 8.30. The zero-order chi connectivity index (χ0) is 16.3. The molecule has 2 aromatic rings. The van der Waals surface area contributed by atoms with Gasteiger partial charge in [-0.25, -0.2) is 17.2 Å². The van der Waals surface area contributed by atoms with Crippen molar-refractivity contribution in [2.24, 2.45) is 0 Å². The van der Waals surface area contributed by atoms with E-state index in [-0.39, 0.29) is 10.6 Å². The second-order valence-corrected chi connectivity index (χ2v) is 6.18. The standard InChI is InChI=1S/C13H9ClF2N2O3S/c14-9-4-1-3-8(7-9)13(19)17-18-22(20,21)12-10(15)5-2-6-11(12)16/h1-7,18H,(H,17,19). The molecule has 2 aromatic carbocycles. The Balaban J connectivity index is 2.18. The first kappa shape index (κ1) is 16.3. The zero-order valence-corrected chi connectivity index (χ0v) is 12.4. The van der Waals surface area contributed by atoms with Gasteiger partial charge in [-0.3, -0.25) is 10.2 Å². The van der Waals surface area contributed by atoms with E-state index in [0.29, 0.717) is 0 Å². The van der Waals surface area contributed by atoms with Crippen LogP contribution in [0, 0.1) is 11.6 Å². The van der Waals surface area contributed by atoms with Gasteiger partial charge in [0.15, 0.2) is 4.90 Å². The van der Waals surface area contributed by atoms with E-state index in [2.05, 4.69) is 0 Å². The molecule has 9 heteroatoms. The molecule has 0 bridgehead atoms. The van der Waals surface area contributed by atoms with Crippen LogP contribution in [0.15, 0.2) is 47.4 Å². The molecule has 0 fully saturated rings. The van der Waals surface area contributed by atoms with Crippen molar-refractivity contribution in [3.63, 3.8) is 0 Å². The molecule has 0 aliphatic rings. The Morgan fingerprint density at radius 2 is 1.64 bits per heavy atom. The van der Waals surface area contributed by atoms with E-state index in [1.165, 1.54) is 24.3 Å². The first-order chi connectivity index (χ1) is 10.3. The molecule has 1 amide bonds. The summed E-state index contributed by atoms with van der Waals surface area (Å²) in [6.07, 6.45) is 0. The van der Waals surface area contributed by atoms with Gasteiger partial charge in [-0.2, -0.15) is 0 Å². The van der Waals surface area contributed by atoms with Crippen LogP contribution in [-0.4, -0.2) is 14.3 Å². The number of nitrogens with one attached hydrogen (secondary N) is 2. The molecule has 0 unspecified atom stereocenters. The van der Waals surface area contributed by atoms with E-state index in [1.54, 1.807) is 4.83 Å². The lowest BCUT2D eigenvalue weighted by Gasteiger charge is -2.10. The average Bonchev–Trinajstić information content (AvgIpc) is 2.44. The molecule has 116 valence electrons. The minimum atomic E-state index is -4.60. The molecule has 0 aromatic heterocycles. The summed E-state index contributed by atoms with van der Waals surface area (Å²) in [7, 11) is -4.60. The SMILES string of the molecule is O=C(NNS(=O)(=O)c1c(F)cccc1F)c1cccc(Cl)c1. The largest absolute Gasteiger partial charge is 0.273 e. The lowest BCUT2D eigenvalue weighted by atomic mass is 10.2. The summed E-state index contributed by atoms with van der Waals surface area (Å²) in [4.78, 5) is 12.2. The van der Waals surface area contributed by atoms with E-state index in [9.17, 15) is 22.0 Å². The molecule has 0 spiro atoms. The fourth-order valence-electron chi connectivity index (χ4n) is 1.61. The van der Waals surface area contributed by atoms with Gasteiger partial charge in [-0.05, 0) is 30.3 Å². The van der Waals surface area contributed by atoms with Gasteiger partial charge in [0.1, 0.15) is 11.6 Å². The van der Waals surface area contributed by atoms with Gasteiger partial charge < -0.3 is 0 Å². The Bertz CT molecular complexity index is 808. The van der Waals surface area contributed by atoms with E-state index in [0.717, 1.165) is 18.2 Å². The van der Waals surface area contributed by atoms with E-state index in [1.807, 2.05) is 5.43 Å². The number of hydrazine groups is 1. The summed E-state index contributed by atoms with van der Waals surface area (Å²) in [5.41, 5.74) is 1.92. The molecule has 0 saturated carbocycles. The third kappa shape index (κ3) is 3.59. The van der Waals surface area contributed by atoms with Crippen LogP contribution in [0.2, 0.25) is 5.02 Å². The fourth-order valence-corrected chi connectivity index (χ4v) is 2.77. The van der Waals surface area contributed by atoms with Crippen molar-refractivity contribution in [1.82, 2.24) is 10.3 Å². The van der Waals surface area contributed by atoms with Crippen molar-refractivity contribution in [3.05, 3.63) is 64.7 Å². The lowest BCUT2D eigenvalue weighted by Crippen LogP contribution is -2.42. The normalized spacial score (nSPS) is 11.2. The highest BCUT2D eigenvalue weighted by atomic mass is 35.5. The van der Waals surface area contributed by atoms with Crippen molar-refractivity contribution in [2.75, 3.05) is 0 Å². The second kappa shape index (κ2) is 6.39. The van der Waals surface area contributed by atoms with Crippen LogP contribution in [0.4, 0.5) is 8.78 Å². The number of benzene rings is 2. The lowest BCUT2D eigenvalue weighted by molar-refractivity contribution is 0.0945. The van der Waals surface area contributed by atoms with E-state index >= 15 is 0 Å². The van der Waals surface area contributed by atoms with Crippen LogP contribution in [-0.2, 0) is 10.0 Å². The van der Waals surface area contributed by atoms with Crippen LogP contribution >= 0.6 is 11.6 Å². The highest BCUT2D eigenvalue weighted by molar-refractivity contribution is 7.89. The topological polar surface area (TPSA) is 75.3 Å². The quantitative estimate of drug-likeness (QED) is 0.834. The summed E-state index contributed by atoms with van der Waals surface area (Å²) < 4.78 is 50.6. The van der Waals surface area contributed by atoms with Crippen molar-refractivity contribution in [2.45, 2.75) is 4.90 Å². The molecule has 0 atom stereocenters. The fraction of sp³-hybridized carbons (Fsp3) is 0. The van der Waals surface area contributed by atoms with Crippen molar-refractivity contribution < 1.29 is 22.0 Å². The van der Waals surface area contributed by atoms with Crippen molar-refractivity contribution in [1.29, 1.82) is 0 Å². The van der Waals surface area contributed by atoms with Crippen molar-refractivity contribution in [3.8, 4) is 0 Å². The highest BCUT2D eigenvalue weighted by Gasteiger charge is 2.24. The van der Waals surface area contributed by atoms with E-state index < -0.39 is 32.5 Å². The van der Waals surface area contributed by atoms with Gasteiger partial charge in [0.2, 0.25) is 0 Å². The van der Waals surface area contributed by atoms with E-state index in [4.69, 9.17) is 11.6 Å². The van der Waals surface area contributed by atoms with Crippen LogP contribution in [0.3, 0.4) is 0 Å². The van der Waals surface area contributed by atoms with Gasteiger partial charge in [-0.15, -0.1) is 4.83 Å². The van der Waals surface area contributed by atoms with Gasteiger partial charge >= 0.3 is 0 Å².